The summed E-state index contributed by atoms with van der Waals surface area (Å²) in [7, 11) is 3.26. The molecule has 0 radical (unpaired) electrons. The zero-order valence-electron chi connectivity index (χ0n) is 17.8. The quantitative estimate of drug-likeness (QED) is 0.337. The van der Waals surface area contributed by atoms with Gasteiger partial charge in [-0.3, -0.25) is 4.40 Å². The molecule has 168 valence electrons. The second-order valence-corrected chi connectivity index (χ2v) is 6.97. The number of rotatable bonds is 4. The molecule has 4 rings (SSSR count). The van der Waals surface area contributed by atoms with Crippen molar-refractivity contribution in [1.29, 1.82) is 0 Å². The summed E-state index contributed by atoms with van der Waals surface area (Å²) in [6.45, 7) is 0. The lowest BCUT2D eigenvalue weighted by Crippen LogP contribution is -2.16. The third kappa shape index (κ3) is 3.29. The van der Waals surface area contributed by atoms with Crippen LogP contribution in [0, 0.1) is 11.6 Å². The van der Waals surface area contributed by atoms with Gasteiger partial charge in [0.05, 0.1) is 32.5 Å². The molecule has 0 amide bonds. The minimum Gasteiger partial charge on any atom is -0.465 e. The number of pyridine rings is 1. The fourth-order valence-corrected chi connectivity index (χ4v) is 3.91. The van der Waals surface area contributed by atoms with Crippen molar-refractivity contribution in [2.24, 2.45) is 0 Å². The average Bonchev–Trinajstić information content (AvgIpc) is 3.19. The standard InChI is InChI=1S/C24H17F2NO6/c1-31-22(28)16-17(23(29)32-2)21(24(30)33-3)27-19(12-8-10-13(25)11-9-12)18(26)14-6-4-5-7-15(14)20(16)27/h4-11H,1-3H3. The van der Waals surface area contributed by atoms with Crippen molar-refractivity contribution in [2.45, 2.75) is 0 Å². The topological polar surface area (TPSA) is 83.3 Å². The third-order valence-corrected chi connectivity index (χ3v) is 5.30. The van der Waals surface area contributed by atoms with Crippen LogP contribution in [0.15, 0.2) is 48.5 Å². The van der Waals surface area contributed by atoms with E-state index >= 15 is 4.39 Å². The van der Waals surface area contributed by atoms with E-state index in [0.717, 1.165) is 37.9 Å². The number of benzene rings is 2. The summed E-state index contributed by atoms with van der Waals surface area (Å²) < 4.78 is 45.3. The number of aromatic nitrogens is 1. The molecule has 0 saturated carbocycles. The maximum Gasteiger partial charge on any atom is 0.355 e. The Morgan fingerprint density at radius 2 is 1.27 bits per heavy atom. The molecule has 0 bridgehead atoms. The molecule has 0 fully saturated rings. The van der Waals surface area contributed by atoms with Crippen LogP contribution in [-0.4, -0.2) is 43.6 Å². The number of fused-ring (bicyclic) bond motifs is 3. The Balaban J connectivity index is 2.39. The van der Waals surface area contributed by atoms with Crippen LogP contribution in [0.4, 0.5) is 8.78 Å². The van der Waals surface area contributed by atoms with E-state index in [4.69, 9.17) is 14.2 Å². The maximum atomic E-state index is 15.9. The molecule has 33 heavy (non-hydrogen) atoms. The van der Waals surface area contributed by atoms with E-state index in [1.807, 2.05) is 0 Å². The molecule has 7 nitrogen and oxygen atoms in total. The Bertz CT molecular complexity index is 1440. The normalized spacial score (nSPS) is 10.9. The van der Waals surface area contributed by atoms with Crippen LogP contribution in [0.2, 0.25) is 0 Å². The smallest absolute Gasteiger partial charge is 0.355 e. The molecular weight excluding hydrogens is 436 g/mol. The van der Waals surface area contributed by atoms with Crippen molar-refractivity contribution in [3.8, 4) is 11.3 Å². The van der Waals surface area contributed by atoms with Crippen molar-refractivity contribution in [3.63, 3.8) is 0 Å². The highest BCUT2D eigenvalue weighted by Crippen LogP contribution is 2.39. The molecule has 0 atom stereocenters. The van der Waals surface area contributed by atoms with Gasteiger partial charge in [0.15, 0.2) is 5.82 Å². The largest absolute Gasteiger partial charge is 0.465 e. The van der Waals surface area contributed by atoms with Crippen LogP contribution >= 0.6 is 0 Å². The Morgan fingerprint density at radius 1 is 0.727 bits per heavy atom. The third-order valence-electron chi connectivity index (χ3n) is 5.30. The van der Waals surface area contributed by atoms with Crippen LogP contribution in [0.3, 0.4) is 0 Å². The molecule has 0 aliphatic rings. The van der Waals surface area contributed by atoms with Crippen LogP contribution in [0.1, 0.15) is 31.2 Å². The van der Waals surface area contributed by atoms with Gasteiger partial charge >= 0.3 is 17.9 Å². The summed E-state index contributed by atoms with van der Waals surface area (Å²) in [6.07, 6.45) is 0. The fraction of sp³-hybridized carbons (Fsp3) is 0.125. The number of carbonyl (C=O) groups excluding carboxylic acids is 3. The molecule has 2 aromatic heterocycles. The van der Waals surface area contributed by atoms with Gasteiger partial charge in [-0.1, -0.05) is 24.3 Å². The highest BCUT2D eigenvalue weighted by atomic mass is 19.1. The van der Waals surface area contributed by atoms with Crippen LogP contribution in [0.5, 0.6) is 0 Å². The minimum atomic E-state index is -1.02. The van der Waals surface area contributed by atoms with Crippen molar-refractivity contribution >= 4 is 34.2 Å². The predicted molar refractivity (Wildman–Crippen MR) is 114 cm³/mol. The van der Waals surface area contributed by atoms with Crippen molar-refractivity contribution in [1.82, 2.24) is 4.40 Å². The van der Waals surface area contributed by atoms with Crippen molar-refractivity contribution in [2.75, 3.05) is 21.3 Å². The molecule has 9 heteroatoms. The summed E-state index contributed by atoms with van der Waals surface area (Å²) in [4.78, 5) is 38.6. The van der Waals surface area contributed by atoms with Gasteiger partial charge in [-0.05, 0) is 24.3 Å². The highest BCUT2D eigenvalue weighted by molar-refractivity contribution is 6.19. The van der Waals surface area contributed by atoms with Gasteiger partial charge < -0.3 is 14.2 Å². The predicted octanol–water partition coefficient (Wildman–Crippen LogP) is 4.40. The van der Waals surface area contributed by atoms with E-state index in [1.165, 1.54) is 24.3 Å². The molecule has 2 heterocycles. The first-order valence-corrected chi connectivity index (χ1v) is 9.65. The molecule has 0 unspecified atom stereocenters. The monoisotopic (exact) mass is 453 g/mol. The first-order chi connectivity index (χ1) is 15.8. The van der Waals surface area contributed by atoms with Gasteiger partial charge in [-0.15, -0.1) is 0 Å². The Morgan fingerprint density at radius 3 is 1.85 bits per heavy atom. The number of methoxy groups -OCH3 is 3. The zero-order chi connectivity index (χ0) is 23.9. The van der Waals surface area contributed by atoms with Gasteiger partial charge in [-0.2, -0.15) is 0 Å². The Kier molecular flexibility index (Phi) is 5.55. The average molecular weight is 453 g/mol. The van der Waals surface area contributed by atoms with Gasteiger partial charge in [0.1, 0.15) is 22.6 Å². The lowest BCUT2D eigenvalue weighted by molar-refractivity contribution is 0.0536. The summed E-state index contributed by atoms with van der Waals surface area (Å²) in [5.41, 5.74) is -1.09. The Hall–Kier alpha value is -4.27. The number of carbonyl (C=O) groups is 3. The maximum absolute atomic E-state index is 15.9. The second-order valence-electron chi connectivity index (χ2n) is 6.97. The van der Waals surface area contributed by atoms with Crippen LogP contribution < -0.4 is 0 Å². The molecule has 0 aliphatic carbocycles. The highest BCUT2D eigenvalue weighted by Gasteiger charge is 2.36. The lowest BCUT2D eigenvalue weighted by atomic mass is 10.0. The van der Waals surface area contributed by atoms with E-state index in [2.05, 4.69) is 0 Å². The van der Waals surface area contributed by atoms with E-state index in [9.17, 15) is 18.8 Å². The van der Waals surface area contributed by atoms with Crippen LogP contribution in [-0.2, 0) is 14.2 Å². The van der Waals surface area contributed by atoms with Crippen molar-refractivity contribution < 1.29 is 37.4 Å². The molecule has 0 N–H and O–H groups in total. The number of halogens is 2. The molecule has 0 aliphatic heterocycles. The van der Waals surface area contributed by atoms with E-state index < -0.39 is 40.8 Å². The zero-order valence-corrected chi connectivity index (χ0v) is 17.8. The number of esters is 3. The minimum absolute atomic E-state index is 0.0407. The SMILES string of the molecule is COC(=O)c1c(C(=O)OC)c2c3ccccc3c(F)c(-c3ccc(F)cc3)n2c1C(=O)OC. The number of hydrogen-bond donors (Lipinski definition) is 0. The van der Waals surface area contributed by atoms with E-state index in [1.54, 1.807) is 12.1 Å². The lowest BCUT2D eigenvalue weighted by Gasteiger charge is -2.14. The number of ether oxygens (including phenoxy) is 3. The summed E-state index contributed by atoms with van der Waals surface area (Å²) in [5, 5.41) is 0.348. The van der Waals surface area contributed by atoms with Crippen LogP contribution in [0.25, 0.3) is 27.5 Å². The molecule has 4 aromatic rings. The van der Waals surface area contributed by atoms with Gasteiger partial charge in [-0.25, -0.2) is 23.2 Å². The second kappa shape index (κ2) is 8.34. The molecular formula is C24H17F2NO6. The van der Waals surface area contributed by atoms with E-state index in [-0.39, 0.29) is 33.1 Å². The summed E-state index contributed by atoms with van der Waals surface area (Å²) in [5.74, 6) is -4.28. The fourth-order valence-electron chi connectivity index (χ4n) is 3.91. The van der Waals surface area contributed by atoms with Crippen molar-refractivity contribution in [3.05, 3.63) is 77.0 Å². The molecule has 0 saturated heterocycles. The van der Waals surface area contributed by atoms with Gasteiger partial charge in [0.2, 0.25) is 0 Å². The first-order valence-electron chi connectivity index (χ1n) is 9.65. The van der Waals surface area contributed by atoms with E-state index in [0.29, 0.717) is 0 Å². The van der Waals surface area contributed by atoms with Gasteiger partial charge in [0.25, 0.3) is 0 Å². The Labute approximate surface area is 186 Å². The molecule has 2 aromatic carbocycles. The first kappa shape index (κ1) is 21.9. The van der Waals surface area contributed by atoms with Gasteiger partial charge in [0, 0.05) is 16.3 Å². The number of nitrogens with zero attached hydrogens (tertiary/aromatic N) is 1. The number of hydrogen-bond acceptors (Lipinski definition) is 6. The summed E-state index contributed by atoms with van der Waals surface area (Å²) >= 11 is 0. The summed E-state index contributed by atoms with van der Waals surface area (Å²) in [6, 6.07) is 11.1. The molecule has 0 spiro atoms.